The smallest absolute Gasteiger partial charge is 0.0671 e. The van der Waals surface area contributed by atoms with Crippen LogP contribution in [0.1, 0.15) is 44.9 Å². The highest BCUT2D eigenvalue weighted by atomic mass is 32.2. The van der Waals surface area contributed by atoms with Crippen molar-refractivity contribution in [3.05, 3.63) is 0 Å². The molecule has 3 saturated heterocycles. The average molecular weight is 242 g/mol. The van der Waals surface area contributed by atoms with E-state index in [4.69, 9.17) is 4.74 Å². The van der Waals surface area contributed by atoms with Gasteiger partial charge in [0.15, 0.2) is 0 Å². The SMILES string of the molecule is OC1(CC2CCOCC2)CC2CCC(C1)S2. The van der Waals surface area contributed by atoms with E-state index >= 15 is 0 Å². The number of aliphatic hydroxyl groups is 1. The lowest BCUT2D eigenvalue weighted by Crippen LogP contribution is -2.39. The molecule has 3 heteroatoms. The molecule has 2 unspecified atom stereocenters. The summed E-state index contributed by atoms with van der Waals surface area (Å²) in [5, 5.41) is 12.3. The highest BCUT2D eigenvalue weighted by Gasteiger charge is 2.44. The zero-order chi connectivity index (χ0) is 11.0. The second kappa shape index (κ2) is 4.51. The van der Waals surface area contributed by atoms with Gasteiger partial charge in [0, 0.05) is 23.7 Å². The third-order valence-electron chi connectivity index (χ3n) is 4.42. The van der Waals surface area contributed by atoms with Crippen LogP contribution in [0.2, 0.25) is 0 Å². The highest BCUT2D eigenvalue weighted by molar-refractivity contribution is 8.00. The lowest BCUT2D eigenvalue weighted by Gasteiger charge is -2.39. The molecule has 0 aromatic rings. The predicted molar refractivity (Wildman–Crippen MR) is 66.7 cm³/mol. The van der Waals surface area contributed by atoms with Gasteiger partial charge in [-0.2, -0.15) is 11.8 Å². The first kappa shape index (κ1) is 11.4. The first-order valence-electron chi connectivity index (χ1n) is 6.69. The number of hydrogen-bond acceptors (Lipinski definition) is 3. The minimum absolute atomic E-state index is 0.334. The van der Waals surface area contributed by atoms with Crippen LogP contribution in [0.4, 0.5) is 0 Å². The predicted octanol–water partition coefficient (Wildman–Crippen LogP) is 2.59. The standard InChI is InChI=1S/C13H22O2S/c14-13(7-10-3-5-15-6-4-10)8-11-1-2-12(9-13)16-11/h10-12,14H,1-9H2. The van der Waals surface area contributed by atoms with Crippen LogP contribution in [-0.2, 0) is 4.74 Å². The van der Waals surface area contributed by atoms with Crippen molar-refractivity contribution in [2.75, 3.05) is 13.2 Å². The van der Waals surface area contributed by atoms with Gasteiger partial charge in [-0.25, -0.2) is 0 Å². The molecule has 3 heterocycles. The Morgan fingerprint density at radius 2 is 1.69 bits per heavy atom. The molecule has 0 amide bonds. The Bertz CT molecular complexity index is 238. The van der Waals surface area contributed by atoms with Crippen molar-refractivity contribution in [2.24, 2.45) is 5.92 Å². The normalized spacial score (nSPS) is 44.8. The van der Waals surface area contributed by atoms with Gasteiger partial charge in [-0.1, -0.05) is 0 Å². The zero-order valence-corrected chi connectivity index (χ0v) is 10.7. The van der Waals surface area contributed by atoms with Crippen molar-refractivity contribution < 1.29 is 9.84 Å². The van der Waals surface area contributed by atoms with Crippen molar-refractivity contribution in [3.8, 4) is 0 Å². The van der Waals surface area contributed by atoms with E-state index in [1.165, 1.54) is 12.8 Å². The first-order valence-corrected chi connectivity index (χ1v) is 7.63. The summed E-state index contributed by atoms with van der Waals surface area (Å²) in [5.74, 6) is 0.709. The van der Waals surface area contributed by atoms with Crippen LogP contribution in [0.25, 0.3) is 0 Å². The lowest BCUT2D eigenvalue weighted by molar-refractivity contribution is -0.0224. The van der Waals surface area contributed by atoms with Crippen LogP contribution in [0, 0.1) is 5.92 Å². The summed E-state index contributed by atoms with van der Waals surface area (Å²) in [6.45, 7) is 1.81. The van der Waals surface area contributed by atoms with Crippen molar-refractivity contribution >= 4 is 11.8 Å². The molecule has 1 N–H and O–H groups in total. The average Bonchev–Trinajstić information content (AvgIpc) is 2.59. The molecule has 0 spiro atoms. The van der Waals surface area contributed by atoms with Crippen LogP contribution in [0.3, 0.4) is 0 Å². The minimum atomic E-state index is -0.334. The number of ether oxygens (including phenoxy) is 1. The summed E-state index contributed by atoms with van der Waals surface area (Å²) in [6.07, 6.45) is 8.12. The van der Waals surface area contributed by atoms with Gasteiger partial charge in [-0.05, 0) is 50.9 Å². The zero-order valence-electron chi connectivity index (χ0n) is 9.86. The maximum atomic E-state index is 10.8. The molecule has 2 atom stereocenters. The molecule has 3 aliphatic heterocycles. The summed E-state index contributed by atoms with van der Waals surface area (Å²) >= 11 is 2.13. The molecule has 3 aliphatic rings. The minimum Gasteiger partial charge on any atom is -0.390 e. The summed E-state index contributed by atoms with van der Waals surface area (Å²) < 4.78 is 5.39. The lowest BCUT2D eigenvalue weighted by atomic mass is 9.81. The first-order chi connectivity index (χ1) is 7.73. The molecule has 2 nitrogen and oxygen atoms in total. The number of fused-ring (bicyclic) bond motifs is 2. The maximum Gasteiger partial charge on any atom is 0.0671 e. The van der Waals surface area contributed by atoms with E-state index in [-0.39, 0.29) is 5.60 Å². The molecule has 2 bridgehead atoms. The van der Waals surface area contributed by atoms with Gasteiger partial charge in [0.25, 0.3) is 0 Å². The van der Waals surface area contributed by atoms with Crippen LogP contribution in [0.5, 0.6) is 0 Å². The Balaban J connectivity index is 1.60. The molecule has 0 aromatic heterocycles. The third-order valence-corrected chi connectivity index (χ3v) is 5.99. The van der Waals surface area contributed by atoms with E-state index < -0.39 is 0 Å². The number of thioether (sulfide) groups is 1. The van der Waals surface area contributed by atoms with Crippen LogP contribution in [-0.4, -0.2) is 34.4 Å². The van der Waals surface area contributed by atoms with E-state index in [1.54, 1.807) is 0 Å². The molecule has 0 saturated carbocycles. The highest BCUT2D eigenvalue weighted by Crippen LogP contribution is 2.49. The van der Waals surface area contributed by atoms with Crippen molar-refractivity contribution in [1.82, 2.24) is 0 Å². The Labute approximate surface area is 102 Å². The number of hydrogen-bond donors (Lipinski definition) is 1. The Morgan fingerprint density at radius 3 is 2.31 bits per heavy atom. The molecule has 3 fully saturated rings. The van der Waals surface area contributed by atoms with E-state index in [9.17, 15) is 5.11 Å². The maximum absolute atomic E-state index is 10.8. The van der Waals surface area contributed by atoms with Gasteiger partial charge >= 0.3 is 0 Å². The molecule has 0 radical (unpaired) electrons. The molecule has 16 heavy (non-hydrogen) atoms. The van der Waals surface area contributed by atoms with E-state index in [0.717, 1.165) is 55.8 Å². The van der Waals surface area contributed by atoms with Gasteiger partial charge < -0.3 is 9.84 Å². The topological polar surface area (TPSA) is 29.5 Å². The van der Waals surface area contributed by atoms with Crippen molar-refractivity contribution in [2.45, 2.75) is 61.0 Å². The van der Waals surface area contributed by atoms with E-state index in [2.05, 4.69) is 11.8 Å². The van der Waals surface area contributed by atoms with E-state index in [0.29, 0.717) is 5.92 Å². The van der Waals surface area contributed by atoms with Gasteiger partial charge in [0.05, 0.1) is 5.60 Å². The fourth-order valence-electron chi connectivity index (χ4n) is 3.67. The summed E-state index contributed by atoms with van der Waals surface area (Å²) in [6, 6.07) is 0. The largest absolute Gasteiger partial charge is 0.390 e. The van der Waals surface area contributed by atoms with Crippen molar-refractivity contribution in [1.29, 1.82) is 0 Å². The third kappa shape index (κ3) is 2.41. The second-order valence-corrected chi connectivity index (χ2v) is 7.46. The summed E-state index contributed by atoms with van der Waals surface area (Å²) in [4.78, 5) is 0. The molecule has 0 aliphatic carbocycles. The quantitative estimate of drug-likeness (QED) is 0.807. The Morgan fingerprint density at radius 1 is 1.06 bits per heavy atom. The monoisotopic (exact) mass is 242 g/mol. The van der Waals surface area contributed by atoms with Gasteiger partial charge in [-0.15, -0.1) is 0 Å². The summed E-state index contributed by atoms with van der Waals surface area (Å²) in [5.41, 5.74) is -0.334. The fourth-order valence-corrected chi connectivity index (χ4v) is 5.57. The molecule has 92 valence electrons. The molecular formula is C13H22O2S. The van der Waals surface area contributed by atoms with Gasteiger partial charge in [-0.3, -0.25) is 0 Å². The van der Waals surface area contributed by atoms with E-state index in [1.807, 2.05) is 0 Å². The molecule has 0 aromatic carbocycles. The van der Waals surface area contributed by atoms with Crippen molar-refractivity contribution in [3.63, 3.8) is 0 Å². The van der Waals surface area contributed by atoms with Crippen LogP contribution in [0.15, 0.2) is 0 Å². The van der Waals surface area contributed by atoms with Gasteiger partial charge in [0.2, 0.25) is 0 Å². The van der Waals surface area contributed by atoms with Gasteiger partial charge in [0.1, 0.15) is 0 Å². The Hall–Kier alpha value is 0.270. The second-order valence-electron chi connectivity index (χ2n) is 5.85. The number of rotatable bonds is 2. The fraction of sp³-hybridized carbons (Fsp3) is 1.00. The molecule has 3 rings (SSSR count). The Kier molecular flexibility index (Phi) is 3.20. The van der Waals surface area contributed by atoms with Crippen LogP contribution >= 0.6 is 11.8 Å². The summed E-state index contributed by atoms with van der Waals surface area (Å²) in [7, 11) is 0. The molecular weight excluding hydrogens is 220 g/mol. The van der Waals surface area contributed by atoms with Crippen LogP contribution < -0.4 is 0 Å².